The molecule has 2 atom stereocenters. The van der Waals surface area contributed by atoms with Gasteiger partial charge in [0.15, 0.2) is 12.4 Å². The number of imide groups is 1. The maximum Gasteiger partial charge on any atom is 0.257 e. The number of aliphatic imine (C=N–C) groups is 1. The number of benzene rings is 2. The maximum atomic E-state index is 13.3. The number of carbonyl (C=O) groups is 5. The number of halogens is 1. The van der Waals surface area contributed by atoms with E-state index in [0.29, 0.717) is 40.8 Å². The number of fused-ring (bicyclic) bond motifs is 4. The van der Waals surface area contributed by atoms with Gasteiger partial charge < -0.3 is 20.3 Å². The Morgan fingerprint density at radius 1 is 0.964 bits per heavy atom. The monoisotopic (exact) mass is 798 g/mol. The predicted octanol–water partition coefficient (Wildman–Crippen LogP) is 4.82. The molecule has 3 aliphatic heterocycles. The quantitative estimate of drug-likeness (QED) is 0.120. The van der Waals surface area contributed by atoms with Crippen LogP contribution in [0.25, 0.3) is 5.00 Å². The lowest BCUT2D eigenvalue weighted by Gasteiger charge is -2.29. The van der Waals surface area contributed by atoms with Crippen molar-refractivity contribution in [1.82, 2.24) is 35.6 Å². The molecule has 3 N–H and O–H groups in total. The molecule has 0 saturated carbocycles. The second-order valence-corrected chi connectivity index (χ2v) is 15.8. The highest BCUT2D eigenvalue weighted by molar-refractivity contribution is 7.15. The van der Waals surface area contributed by atoms with Gasteiger partial charge in [-0.1, -0.05) is 42.6 Å². The van der Waals surface area contributed by atoms with Crippen LogP contribution in [-0.2, 0) is 25.7 Å². The van der Waals surface area contributed by atoms with Crippen LogP contribution >= 0.6 is 22.9 Å². The van der Waals surface area contributed by atoms with E-state index in [1.807, 2.05) is 35.8 Å². The fourth-order valence-electron chi connectivity index (χ4n) is 7.33. The Morgan fingerprint density at radius 2 is 1.70 bits per heavy atom. The lowest BCUT2D eigenvalue weighted by Crippen LogP contribution is -2.52. The maximum absolute atomic E-state index is 13.3. The minimum atomic E-state index is -0.728. The summed E-state index contributed by atoms with van der Waals surface area (Å²) in [5.41, 5.74) is 4.91. The number of piperidine rings is 1. The largest absolute Gasteiger partial charge is 0.483 e. The van der Waals surface area contributed by atoms with Gasteiger partial charge in [-0.05, 0) is 69.9 Å². The van der Waals surface area contributed by atoms with Gasteiger partial charge in [-0.2, -0.15) is 0 Å². The number of ether oxygens (including phenoxy) is 1. The number of nitrogens with zero attached hydrogens (tertiary/aromatic N) is 5. The molecule has 0 radical (unpaired) electrons. The van der Waals surface area contributed by atoms with Gasteiger partial charge in [0.05, 0.1) is 18.7 Å². The number of aromatic nitrogens is 3. The van der Waals surface area contributed by atoms with E-state index in [0.717, 1.165) is 58.9 Å². The molecule has 1 fully saturated rings. The van der Waals surface area contributed by atoms with Crippen molar-refractivity contribution in [1.29, 1.82) is 0 Å². The Balaban J connectivity index is 0.846. The molecule has 5 amide bonds. The zero-order chi connectivity index (χ0) is 39.5. The van der Waals surface area contributed by atoms with Gasteiger partial charge in [0.25, 0.3) is 11.8 Å². The lowest BCUT2D eigenvalue weighted by atomic mass is 9.99. The summed E-state index contributed by atoms with van der Waals surface area (Å²) in [6.07, 6.45) is 3.84. The first-order chi connectivity index (χ1) is 27.0. The first-order valence-corrected chi connectivity index (χ1v) is 20.0. The van der Waals surface area contributed by atoms with Crippen LogP contribution in [0.1, 0.15) is 100 Å². The predicted molar refractivity (Wildman–Crippen MR) is 210 cm³/mol. The first-order valence-electron chi connectivity index (χ1n) is 18.8. The van der Waals surface area contributed by atoms with E-state index in [9.17, 15) is 24.0 Å². The molecule has 5 heterocycles. The van der Waals surface area contributed by atoms with Gasteiger partial charge in [0.1, 0.15) is 28.7 Å². The molecule has 0 spiro atoms. The van der Waals surface area contributed by atoms with Crippen LogP contribution in [0.15, 0.2) is 47.5 Å². The van der Waals surface area contributed by atoms with E-state index in [1.165, 1.54) is 9.78 Å². The van der Waals surface area contributed by atoms with Crippen molar-refractivity contribution < 1.29 is 28.7 Å². The number of nitrogens with one attached hydrogen (secondary N) is 3. The Labute approximate surface area is 333 Å². The number of rotatable bonds is 14. The normalized spacial score (nSPS) is 17.4. The van der Waals surface area contributed by atoms with E-state index < -0.39 is 18.0 Å². The van der Waals surface area contributed by atoms with Crippen LogP contribution in [0.2, 0.25) is 5.02 Å². The number of aryl methyl sites for hydroxylation is 2. The number of hydrogen-bond acceptors (Lipinski definition) is 10. The average Bonchev–Trinajstić information content (AvgIpc) is 3.79. The first kappa shape index (κ1) is 38.8. The van der Waals surface area contributed by atoms with Crippen molar-refractivity contribution in [2.75, 3.05) is 19.7 Å². The summed E-state index contributed by atoms with van der Waals surface area (Å²) in [6, 6.07) is 11.4. The molecule has 1 saturated heterocycles. The van der Waals surface area contributed by atoms with E-state index in [1.54, 1.807) is 29.5 Å². The van der Waals surface area contributed by atoms with Gasteiger partial charge in [-0.3, -0.25) is 38.8 Å². The number of unbranched alkanes of at least 4 members (excludes halogenated alkanes) is 3. The van der Waals surface area contributed by atoms with Crippen molar-refractivity contribution in [3.8, 4) is 10.8 Å². The Morgan fingerprint density at radius 3 is 2.43 bits per heavy atom. The van der Waals surface area contributed by atoms with Crippen LogP contribution < -0.4 is 20.7 Å². The fourth-order valence-corrected chi connectivity index (χ4v) is 8.67. The molecule has 0 aliphatic carbocycles. The SMILES string of the molecule is Cc1sc2c(c1C)C(c1ccc(Cl)cc1)=N[C@H](CC(=O)NCCCCCCNC(=O)COc1cccc3c1CN(C1CCC(=O)NC1=O)C3=O)c1nnc(C)n1-2. The topological polar surface area (TPSA) is 177 Å². The third-order valence-corrected chi connectivity index (χ3v) is 11.8. The third-order valence-electron chi connectivity index (χ3n) is 10.4. The molecule has 2 aromatic carbocycles. The minimum absolute atomic E-state index is 0.121. The van der Waals surface area contributed by atoms with Crippen molar-refractivity contribution >= 4 is 58.2 Å². The summed E-state index contributed by atoms with van der Waals surface area (Å²) >= 11 is 7.89. The zero-order valence-corrected chi connectivity index (χ0v) is 33.0. The molecule has 4 aromatic rings. The molecule has 2 aromatic heterocycles. The van der Waals surface area contributed by atoms with Crippen LogP contribution in [-0.4, -0.2) is 80.7 Å². The van der Waals surface area contributed by atoms with Crippen molar-refractivity contribution in [2.45, 2.75) is 84.3 Å². The molecular formula is C40H43ClN8O6S. The molecule has 0 bridgehead atoms. The van der Waals surface area contributed by atoms with Crippen molar-refractivity contribution in [3.05, 3.63) is 91.8 Å². The lowest BCUT2D eigenvalue weighted by molar-refractivity contribution is -0.137. The van der Waals surface area contributed by atoms with Gasteiger partial charge in [-0.15, -0.1) is 21.5 Å². The van der Waals surface area contributed by atoms with Gasteiger partial charge in [-0.25, -0.2) is 0 Å². The molecule has 1 unspecified atom stereocenters. The number of thiophene rings is 1. The standard InChI is InChI=1S/C40H43ClN8O6S/c1-22-23(2)56-40-35(22)36(25-11-13-26(41)14-12-25)44-29(37-47-46-24(3)49(37)40)19-33(51)42-17-6-4-5-7-18-43-34(52)21-55-31-10-8-9-27-28(31)20-48(39(27)54)30-15-16-32(50)45-38(30)53/h8-14,29-30H,4-7,15-21H2,1-3H3,(H,42,51)(H,43,52)(H,45,50,53)/t29-,30?/m1/s1. The molecular weight excluding hydrogens is 756 g/mol. The summed E-state index contributed by atoms with van der Waals surface area (Å²) in [5, 5.41) is 18.7. The fraction of sp³-hybridized carbons (Fsp3) is 0.400. The summed E-state index contributed by atoms with van der Waals surface area (Å²) < 4.78 is 7.83. The number of carbonyl (C=O) groups excluding carboxylic acids is 5. The Hall–Kier alpha value is -5.41. The number of amides is 5. The highest BCUT2D eigenvalue weighted by Gasteiger charge is 2.40. The average molecular weight is 799 g/mol. The second-order valence-electron chi connectivity index (χ2n) is 14.2. The van der Waals surface area contributed by atoms with Crippen LogP contribution in [0.4, 0.5) is 0 Å². The Kier molecular flexibility index (Phi) is 11.6. The highest BCUT2D eigenvalue weighted by Crippen LogP contribution is 2.40. The van der Waals surface area contributed by atoms with Gasteiger partial charge >= 0.3 is 0 Å². The smallest absolute Gasteiger partial charge is 0.257 e. The third kappa shape index (κ3) is 8.10. The Bertz CT molecular complexity index is 2230. The van der Waals surface area contributed by atoms with E-state index in [4.69, 9.17) is 21.3 Å². The zero-order valence-electron chi connectivity index (χ0n) is 31.4. The highest BCUT2D eigenvalue weighted by atomic mass is 35.5. The van der Waals surface area contributed by atoms with Crippen LogP contribution in [0.3, 0.4) is 0 Å². The van der Waals surface area contributed by atoms with Crippen molar-refractivity contribution in [3.63, 3.8) is 0 Å². The molecule has 14 nitrogen and oxygen atoms in total. The summed E-state index contributed by atoms with van der Waals surface area (Å²) in [4.78, 5) is 70.6. The van der Waals surface area contributed by atoms with Gasteiger partial charge in [0, 0.05) is 51.7 Å². The molecule has 3 aliphatic rings. The molecule has 56 heavy (non-hydrogen) atoms. The second kappa shape index (κ2) is 16.8. The summed E-state index contributed by atoms with van der Waals surface area (Å²) in [7, 11) is 0. The van der Waals surface area contributed by atoms with E-state index in [2.05, 4.69) is 40.0 Å². The molecule has 7 rings (SSSR count). The van der Waals surface area contributed by atoms with Crippen LogP contribution in [0.5, 0.6) is 5.75 Å². The van der Waals surface area contributed by atoms with Crippen molar-refractivity contribution in [2.24, 2.45) is 4.99 Å². The van der Waals surface area contributed by atoms with Crippen LogP contribution in [0, 0.1) is 20.8 Å². The molecule has 292 valence electrons. The summed E-state index contributed by atoms with van der Waals surface area (Å²) in [6.45, 7) is 7.03. The van der Waals surface area contributed by atoms with E-state index >= 15 is 0 Å². The van der Waals surface area contributed by atoms with E-state index in [-0.39, 0.29) is 56.0 Å². The summed E-state index contributed by atoms with van der Waals surface area (Å²) in [5.74, 6) is 0.249. The molecule has 16 heteroatoms. The van der Waals surface area contributed by atoms with Gasteiger partial charge in [0.2, 0.25) is 17.7 Å². The number of hydrogen-bond donors (Lipinski definition) is 3. The minimum Gasteiger partial charge on any atom is -0.483 e.